The number of hydrogen-bond donors (Lipinski definition) is 0. The van der Waals surface area contributed by atoms with Crippen molar-refractivity contribution < 1.29 is 18.8 Å². The van der Waals surface area contributed by atoms with Crippen LogP contribution in [0.5, 0.6) is 0 Å². The summed E-state index contributed by atoms with van der Waals surface area (Å²) >= 11 is 0. The van der Waals surface area contributed by atoms with Crippen molar-refractivity contribution in [3.63, 3.8) is 0 Å². The maximum atomic E-state index is 13.1. The molecule has 86 valence electrons. The minimum atomic E-state index is -0.833. The van der Waals surface area contributed by atoms with Gasteiger partial charge < -0.3 is 4.74 Å². The van der Waals surface area contributed by atoms with Crippen molar-refractivity contribution in [1.29, 1.82) is 0 Å². The fourth-order valence-corrected chi connectivity index (χ4v) is 1.28. The van der Waals surface area contributed by atoms with Crippen molar-refractivity contribution in [2.75, 3.05) is 6.61 Å². The van der Waals surface area contributed by atoms with Crippen LogP contribution >= 0.6 is 0 Å². The molecule has 1 rings (SSSR count). The average Bonchev–Trinajstić information content (AvgIpc) is 2.20. The Hall–Kier alpha value is -1.98. The smallest absolute Gasteiger partial charge is 0.338 e. The van der Waals surface area contributed by atoms with Crippen LogP contribution in [0, 0.1) is 22.9 Å². The quantitative estimate of drug-likeness (QED) is 0.451. The zero-order valence-corrected chi connectivity index (χ0v) is 8.82. The van der Waals surface area contributed by atoms with Crippen LogP contribution in [0.2, 0.25) is 0 Å². The molecule has 0 aliphatic heterocycles. The molecule has 0 N–H and O–H groups in total. The van der Waals surface area contributed by atoms with E-state index in [9.17, 15) is 19.3 Å². The number of rotatable bonds is 3. The van der Waals surface area contributed by atoms with E-state index in [4.69, 9.17) is 0 Å². The van der Waals surface area contributed by atoms with E-state index in [2.05, 4.69) is 4.74 Å². The Bertz CT molecular complexity index is 445. The summed E-state index contributed by atoms with van der Waals surface area (Å²) < 4.78 is 17.7. The van der Waals surface area contributed by atoms with Gasteiger partial charge in [0.25, 0.3) is 5.69 Å². The number of nitrogens with zero attached hydrogens (tertiary/aromatic N) is 1. The number of ether oxygens (including phenoxy) is 1. The number of carbonyl (C=O) groups excluding carboxylic acids is 1. The summed E-state index contributed by atoms with van der Waals surface area (Å²) in [5.74, 6) is -1.59. The van der Waals surface area contributed by atoms with Gasteiger partial charge in [0.1, 0.15) is 5.82 Å². The highest BCUT2D eigenvalue weighted by Crippen LogP contribution is 2.23. The molecule has 0 aliphatic rings. The van der Waals surface area contributed by atoms with Crippen molar-refractivity contribution in [3.05, 3.63) is 39.2 Å². The first-order valence-electron chi connectivity index (χ1n) is 4.59. The summed E-state index contributed by atoms with van der Waals surface area (Å²) in [6, 6.07) is 1.71. The molecule has 0 spiro atoms. The number of nitro groups is 1. The summed E-state index contributed by atoms with van der Waals surface area (Å²) in [6.45, 7) is 3.10. The normalized spacial score (nSPS) is 9.94. The van der Waals surface area contributed by atoms with Crippen LogP contribution in [0.25, 0.3) is 0 Å². The second kappa shape index (κ2) is 4.69. The summed E-state index contributed by atoms with van der Waals surface area (Å²) in [7, 11) is 0. The van der Waals surface area contributed by atoms with E-state index < -0.39 is 22.4 Å². The van der Waals surface area contributed by atoms with E-state index in [1.165, 1.54) is 6.92 Å². The third kappa shape index (κ3) is 2.33. The molecule has 0 aromatic heterocycles. The summed E-state index contributed by atoms with van der Waals surface area (Å²) in [5.41, 5.74) is -0.443. The molecule has 0 amide bonds. The molecule has 0 bridgehead atoms. The number of halogens is 1. The molecule has 6 heteroatoms. The van der Waals surface area contributed by atoms with Gasteiger partial charge in [0.15, 0.2) is 0 Å². The fourth-order valence-electron chi connectivity index (χ4n) is 1.28. The van der Waals surface area contributed by atoms with Crippen molar-refractivity contribution in [2.45, 2.75) is 13.8 Å². The number of benzene rings is 1. The maximum Gasteiger partial charge on any atom is 0.338 e. The Morgan fingerprint density at radius 2 is 2.19 bits per heavy atom. The molecule has 0 atom stereocenters. The second-order valence-corrected chi connectivity index (χ2v) is 3.08. The van der Waals surface area contributed by atoms with Crippen molar-refractivity contribution in [2.24, 2.45) is 0 Å². The molecule has 5 nitrogen and oxygen atoms in total. The SMILES string of the molecule is CCOC(=O)c1cc(F)cc([N+](=O)[O-])c1C. The van der Waals surface area contributed by atoms with Gasteiger partial charge in [-0.1, -0.05) is 0 Å². The Labute approximate surface area is 91.0 Å². The fraction of sp³-hybridized carbons (Fsp3) is 0.300. The molecule has 16 heavy (non-hydrogen) atoms. The van der Waals surface area contributed by atoms with Crippen molar-refractivity contribution >= 4 is 11.7 Å². The van der Waals surface area contributed by atoms with Crippen LogP contribution in [-0.4, -0.2) is 17.5 Å². The van der Waals surface area contributed by atoms with Gasteiger partial charge in [-0.2, -0.15) is 0 Å². The van der Waals surface area contributed by atoms with Gasteiger partial charge in [-0.05, 0) is 19.9 Å². The van der Waals surface area contributed by atoms with E-state index in [0.29, 0.717) is 0 Å². The van der Waals surface area contributed by atoms with E-state index in [0.717, 1.165) is 12.1 Å². The van der Waals surface area contributed by atoms with Gasteiger partial charge in [-0.25, -0.2) is 9.18 Å². The Balaban J connectivity index is 3.29. The minimum Gasteiger partial charge on any atom is -0.462 e. The lowest BCUT2D eigenvalue weighted by Gasteiger charge is -2.05. The zero-order valence-electron chi connectivity index (χ0n) is 8.82. The van der Waals surface area contributed by atoms with Gasteiger partial charge in [0.05, 0.1) is 23.2 Å². The van der Waals surface area contributed by atoms with E-state index >= 15 is 0 Å². The largest absolute Gasteiger partial charge is 0.462 e. The highest BCUT2D eigenvalue weighted by molar-refractivity contribution is 5.92. The van der Waals surface area contributed by atoms with Gasteiger partial charge in [-0.15, -0.1) is 0 Å². The predicted molar refractivity (Wildman–Crippen MR) is 53.7 cm³/mol. The average molecular weight is 227 g/mol. The van der Waals surface area contributed by atoms with Crippen LogP contribution < -0.4 is 0 Å². The van der Waals surface area contributed by atoms with Crippen LogP contribution in [0.1, 0.15) is 22.8 Å². The van der Waals surface area contributed by atoms with E-state index in [1.54, 1.807) is 6.92 Å². The highest BCUT2D eigenvalue weighted by atomic mass is 19.1. The zero-order chi connectivity index (χ0) is 12.3. The van der Waals surface area contributed by atoms with Crippen LogP contribution in [0.15, 0.2) is 12.1 Å². The molecule has 0 fully saturated rings. The Kier molecular flexibility index (Phi) is 3.55. The lowest BCUT2D eigenvalue weighted by atomic mass is 10.1. The molecular weight excluding hydrogens is 217 g/mol. The number of esters is 1. The van der Waals surface area contributed by atoms with Gasteiger partial charge in [-0.3, -0.25) is 10.1 Å². The third-order valence-electron chi connectivity index (χ3n) is 2.04. The topological polar surface area (TPSA) is 69.4 Å². The highest BCUT2D eigenvalue weighted by Gasteiger charge is 2.21. The monoisotopic (exact) mass is 227 g/mol. The third-order valence-corrected chi connectivity index (χ3v) is 2.04. The Morgan fingerprint density at radius 1 is 1.56 bits per heavy atom. The van der Waals surface area contributed by atoms with Crippen molar-refractivity contribution in [3.8, 4) is 0 Å². The van der Waals surface area contributed by atoms with Crippen molar-refractivity contribution in [1.82, 2.24) is 0 Å². The minimum absolute atomic E-state index is 0.102. The van der Waals surface area contributed by atoms with E-state index in [1.807, 2.05) is 0 Å². The lowest BCUT2D eigenvalue weighted by molar-refractivity contribution is -0.385. The van der Waals surface area contributed by atoms with Gasteiger partial charge in [0.2, 0.25) is 0 Å². The number of nitro benzene ring substituents is 1. The first-order chi connectivity index (χ1) is 7.47. The molecule has 0 aliphatic carbocycles. The summed E-state index contributed by atoms with van der Waals surface area (Å²) in [6.07, 6.45) is 0. The molecule has 1 aromatic carbocycles. The number of carbonyl (C=O) groups is 1. The molecule has 0 saturated heterocycles. The standard InChI is InChI=1S/C10H10FNO4/c1-3-16-10(13)8-4-7(11)5-9(6(8)2)12(14)15/h4-5H,3H2,1-2H3. The van der Waals surface area contributed by atoms with Crippen LogP contribution in [-0.2, 0) is 4.74 Å². The maximum absolute atomic E-state index is 13.1. The molecule has 0 saturated carbocycles. The lowest BCUT2D eigenvalue weighted by Crippen LogP contribution is -2.09. The number of hydrogen-bond acceptors (Lipinski definition) is 4. The van der Waals surface area contributed by atoms with Gasteiger partial charge in [0, 0.05) is 5.56 Å². The molecular formula is C10H10FNO4. The predicted octanol–water partition coefficient (Wildman–Crippen LogP) is 2.22. The molecule has 0 unspecified atom stereocenters. The molecule has 0 radical (unpaired) electrons. The summed E-state index contributed by atoms with van der Waals surface area (Å²) in [4.78, 5) is 21.2. The van der Waals surface area contributed by atoms with Crippen LogP contribution in [0.3, 0.4) is 0 Å². The van der Waals surface area contributed by atoms with E-state index in [-0.39, 0.29) is 17.7 Å². The van der Waals surface area contributed by atoms with Gasteiger partial charge >= 0.3 is 5.97 Å². The summed E-state index contributed by atoms with van der Waals surface area (Å²) in [5, 5.41) is 10.6. The first-order valence-corrected chi connectivity index (χ1v) is 4.59. The molecule has 1 aromatic rings. The molecule has 0 heterocycles. The second-order valence-electron chi connectivity index (χ2n) is 3.08. The van der Waals surface area contributed by atoms with Crippen LogP contribution in [0.4, 0.5) is 10.1 Å². The first kappa shape index (κ1) is 12.1. The Morgan fingerprint density at radius 3 is 2.69 bits per heavy atom.